The third-order valence-electron chi connectivity index (χ3n) is 1.73. The van der Waals surface area contributed by atoms with Crippen LogP contribution >= 0.6 is 0 Å². The molecule has 0 aliphatic rings. The highest BCUT2D eigenvalue weighted by Crippen LogP contribution is 2.09. The average molecular weight is 207 g/mol. The van der Waals surface area contributed by atoms with Gasteiger partial charge in [0.15, 0.2) is 5.57 Å². The van der Waals surface area contributed by atoms with Gasteiger partial charge < -0.3 is 15.9 Å². The van der Waals surface area contributed by atoms with Crippen LogP contribution in [-0.2, 0) is 4.79 Å². The number of carbonyl (C=O) groups is 2. The van der Waals surface area contributed by atoms with Crippen LogP contribution in [0.4, 0.5) is 0 Å². The zero-order valence-corrected chi connectivity index (χ0v) is 7.68. The van der Waals surface area contributed by atoms with Crippen LogP contribution in [0.25, 0.3) is 0 Å². The second-order valence-corrected chi connectivity index (χ2v) is 2.76. The maximum Gasteiger partial charge on any atom is 0.345 e. The fourth-order valence-electron chi connectivity index (χ4n) is 1.06. The monoisotopic (exact) mass is 207 g/mol. The Labute approximate surface area is 85.5 Å². The van der Waals surface area contributed by atoms with Gasteiger partial charge in [0.1, 0.15) is 0 Å². The highest BCUT2D eigenvalue weighted by molar-refractivity contribution is 6.23. The molecule has 0 saturated heterocycles. The van der Waals surface area contributed by atoms with Crippen LogP contribution < -0.4 is 5.73 Å². The quantitative estimate of drug-likeness (QED) is 0.222. The number of aliphatic hydroxyl groups is 1. The molecule has 0 saturated carbocycles. The first-order valence-electron chi connectivity index (χ1n) is 4.05. The summed E-state index contributed by atoms with van der Waals surface area (Å²) in [5.74, 6) is -3.36. The molecule has 0 unspecified atom stereocenters. The molecule has 5 heteroatoms. The number of nitrogens with two attached hydrogens (primary N) is 1. The Morgan fingerprint density at radius 1 is 1.07 bits per heavy atom. The van der Waals surface area contributed by atoms with Crippen LogP contribution in [-0.4, -0.2) is 22.0 Å². The number of carboxylic acid groups (broad SMARTS) is 1. The Morgan fingerprint density at radius 2 is 1.60 bits per heavy atom. The highest BCUT2D eigenvalue weighted by Gasteiger charge is 2.22. The Kier molecular flexibility index (Phi) is 3.07. The van der Waals surface area contributed by atoms with Crippen molar-refractivity contribution in [2.75, 3.05) is 0 Å². The standard InChI is InChI=1S/C10H9NO4/c11-9(13)7(10(14)15)8(12)6-4-2-1-3-5-6/h1-5,13H,11H2,(H,14,15). The van der Waals surface area contributed by atoms with Gasteiger partial charge in [0, 0.05) is 5.56 Å². The molecular formula is C10H9NO4. The second kappa shape index (κ2) is 4.28. The summed E-state index contributed by atoms with van der Waals surface area (Å²) in [4.78, 5) is 22.2. The number of ketones is 1. The minimum atomic E-state index is -1.55. The second-order valence-electron chi connectivity index (χ2n) is 2.76. The molecule has 0 amide bonds. The third kappa shape index (κ3) is 2.34. The van der Waals surface area contributed by atoms with E-state index in [2.05, 4.69) is 0 Å². The number of aliphatic hydroxyl groups excluding tert-OH is 1. The Morgan fingerprint density at radius 3 is 2.00 bits per heavy atom. The van der Waals surface area contributed by atoms with E-state index in [1.54, 1.807) is 18.2 Å². The van der Waals surface area contributed by atoms with E-state index >= 15 is 0 Å². The SMILES string of the molecule is NC(O)=C(C(=O)O)C(=O)c1ccccc1. The topological polar surface area (TPSA) is 101 Å². The van der Waals surface area contributed by atoms with Crippen LogP contribution in [0.2, 0.25) is 0 Å². The number of rotatable bonds is 3. The molecule has 0 aliphatic carbocycles. The van der Waals surface area contributed by atoms with E-state index in [9.17, 15) is 9.59 Å². The van der Waals surface area contributed by atoms with Gasteiger partial charge in [-0.25, -0.2) is 4.79 Å². The van der Waals surface area contributed by atoms with E-state index in [1.165, 1.54) is 12.1 Å². The predicted octanol–water partition coefficient (Wildman–Crippen LogP) is 0.682. The molecule has 1 aromatic rings. The van der Waals surface area contributed by atoms with E-state index in [-0.39, 0.29) is 5.56 Å². The Bertz CT molecular complexity index is 418. The summed E-state index contributed by atoms with van der Waals surface area (Å²) in [5.41, 5.74) is 4.25. The van der Waals surface area contributed by atoms with Gasteiger partial charge >= 0.3 is 5.97 Å². The van der Waals surface area contributed by atoms with Gasteiger partial charge in [-0.3, -0.25) is 4.79 Å². The van der Waals surface area contributed by atoms with E-state index in [0.717, 1.165) is 0 Å². The number of carboxylic acids is 1. The number of hydrogen-bond acceptors (Lipinski definition) is 4. The van der Waals surface area contributed by atoms with Gasteiger partial charge in [-0.2, -0.15) is 0 Å². The third-order valence-corrected chi connectivity index (χ3v) is 1.73. The number of aliphatic carboxylic acids is 1. The van der Waals surface area contributed by atoms with Gasteiger partial charge in [0.25, 0.3) is 0 Å². The molecule has 0 radical (unpaired) electrons. The maximum atomic E-state index is 11.5. The average Bonchev–Trinajstić information content (AvgIpc) is 2.18. The van der Waals surface area contributed by atoms with Crippen molar-refractivity contribution in [2.45, 2.75) is 0 Å². The van der Waals surface area contributed by atoms with Crippen molar-refractivity contribution in [3.05, 3.63) is 47.4 Å². The van der Waals surface area contributed by atoms with E-state index in [0.29, 0.717) is 0 Å². The summed E-state index contributed by atoms with van der Waals surface area (Å²) in [6.07, 6.45) is 0. The lowest BCUT2D eigenvalue weighted by molar-refractivity contribution is -0.132. The lowest BCUT2D eigenvalue weighted by Crippen LogP contribution is -2.18. The lowest BCUT2D eigenvalue weighted by Gasteiger charge is -2.02. The van der Waals surface area contributed by atoms with Gasteiger partial charge in [-0.15, -0.1) is 0 Å². The molecule has 0 spiro atoms. The fraction of sp³-hybridized carbons (Fsp3) is 0. The van der Waals surface area contributed by atoms with Crippen molar-refractivity contribution in [1.29, 1.82) is 0 Å². The van der Waals surface area contributed by atoms with Crippen LogP contribution in [0.5, 0.6) is 0 Å². The van der Waals surface area contributed by atoms with Crippen LogP contribution in [0.1, 0.15) is 10.4 Å². The first-order chi connectivity index (χ1) is 7.04. The van der Waals surface area contributed by atoms with Gasteiger partial charge in [0.05, 0.1) is 0 Å². The summed E-state index contributed by atoms with van der Waals surface area (Å²) < 4.78 is 0. The van der Waals surface area contributed by atoms with Crippen LogP contribution in [0.15, 0.2) is 41.8 Å². The number of Topliss-reactive ketones (excluding diaryl/α,β-unsaturated/α-hetero) is 1. The predicted molar refractivity (Wildman–Crippen MR) is 52.3 cm³/mol. The van der Waals surface area contributed by atoms with E-state index < -0.39 is 23.2 Å². The summed E-state index contributed by atoms with van der Waals surface area (Å²) >= 11 is 0. The van der Waals surface area contributed by atoms with Gasteiger partial charge in [-0.1, -0.05) is 30.3 Å². The van der Waals surface area contributed by atoms with Crippen molar-refractivity contribution >= 4 is 11.8 Å². The molecule has 0 atom stereocenters. The summed E-state index contributed by atoms with van der Waals surface area (Å²) in [6.45, 7) is 0. The Balaban J connectivity index is 3.15. The van der Waals surface area contributed by atoms with Gasteiger partial charge in [0.2, 0.25) is 11.7 Å². The highest BCUT2D eigenvalue weighted by atomic mass is 16.4. The lowest BCUT2D eigenvalue weighted by atomic mass is 10.0. The Hall–Kier alpha value is -2.30. The van der Waals surface area contributed by atoms with Crippen molar-refractivity contribution in [2.24, 2.45) is 5.73 Å². The molecule has 0 fully saturated rings. The molecule has 5 nitrogen and oxygen atoms in total. The van der Waals surface area contributed by atoms with Crippen LogP contribution in [0.3, 0.4) is 0 Å². The molecule has 78 valence electrons. The minimum Gasteiger partial charge on any atom is -0.494 e. The fourth-order valence-corrected chi connectivity index (χ4v) is 1.06. The molecule has 0 aliphatic heterocycles. The van der Waals surface area contributed by atoms with Crippen LogP contribution in [0, 0.1) is 0 Å². The molecular weight excluding hydrogens is 198 g/mol. The summed E-state index contributed by atoms with van der Waals surface area (Å²) in [7, 11) is 0. The number of carbonyl (C=O) groups excluding carboxylic acids is 1. The van der Waals surface area contributed by atoms with Crippen molar-refractivity contribution < 1.29 is 19.8 Å². The summed E-state index contributed by atoms with van der Waals surface area (Å²) in [6, 6.07) is 7.73. The smallest absolute Gasteiger partial charge is 0.345 e. The van der Waals surface area contributed by atoms with Gasteiger partial charge in [-0.05, 0) is 0 Å². The molecule has 0 bridgehead atoms. The first-order valence-corrected chi connectivity index (χ1v) is 4.05. The first kappa shape index (κ1) is 10.8. The zero-order chi connectivity index (χ0) is 11.4. The molecule has 1 aromatic carbocycles. The summed E-state index contributed by atoms with van der Waals surface area (Å²) in [5, 5.41) is 17.5. The number of hydrogen-bond donors (Lipinski definition) is 3. The van der Waals surface area contributed by atoms with Crippen molar-refractivity contribution in [3.63, 3.8) is 0 Å². The largest absolute Gasteiger partial charge is 0.494 e. The zero-order valence-electron chi connectivity index (χ0n) is 7.68. The minimum absolute atomic E-state index is 0.159. The molecule has 0 heterocycles. The molecule has 0 aromatic heterocycles. The molecule has 1 rings (SSSR count). The number of benzene rings is 1. The van der Waals surface area contributed by atoms with E-state index in [4.69, 9.17) is 15.9 Å². The molecule has 4 N–H and O–H groups in total. The maximum absolute atomic E-state index is 11.5. The molecule has 15 heavy (non-hydrogen) atoms. The van der Waals surface area contributed by atoms with Crippen molar-refractivity contribution in [3.8, 4) is 0 Å². The van der Waals surface area contributed by atoms with E-state index in [1.807, 2.05) is 0 Å². The normalized spacial score (nSPS) is 11.7. The van der Waals surface area contributed by atoms with Crippen molar-refractivity contribution in [1.82, 2.24) is 0 Å².